The van der Waals surface area contributed by atoms with Crippen molar-refractivity contribution in [3.63, 3.8) is 0 Å². The van der Waals surface area contributed by atoms with Gasteiger partial charge in [-0.2, -0.15) is 0 Å². The minimum absolute atomic E-state index is 0. The van der Waals surface area contributed by atoms with E-state index in [0.717, 1.165) is 18.3 Å². The fourth-order valence-corrected chi connectivity index (χ4v) is 1.92. The van der Waals surface area contributed by atoms with Crippen LogP contribution in [0.15, 0.2) is 41.9 Å². The molecule has 5 heteroatoms. The molecule has 0 amide bonds. The highest BCUT2D eigenvalue weighted by molar-refractivity contribution is 14.0. The molecule has 1 aromatic carbocycles. The summed E-state index contributed by atoms with van der Waals surface area (Å²) in [5.41, 5.74) is 1.20. The Hall–Kier alpha value is -1.24. The molecule has 0 aliphatic heterocycles. The molecule has 0 atom stereocenters. The summed E-state index contributed by atoms with van der Waals surface area (Å²) in [5.74, 6) is 1.69. The molecule has 0 aliphatic rings. The molecular formula is C17H28IN3O. The number of hydrogen-bond acceptors (Lipinski definition) is 2. The van der Waals surface area contributed by atoms with Gasteiger partial charge in [0, 0.05) is 18.5 Å². The molecule has 1 aromatic rings. The highest BCUT2D eigenvalue weighted by Crippen LogP contribution is 2.25. The molecular weight excluding hydrogens is 389 g/mol. The lowest BCUT2D eigenvalue weighted by Crippen LogP contribution is -2.38. The molecule has 0 aromatic heterocycles. The molecule has 22 heavy (non-hydrogen) atoms. The molecule has 0 heterocycles. The Morgan fingerprint density at radius 3 is 2.41 bits per heavy atom. The largest absolute Gasteiger partial charge is 0.497 e. The van der Waals surface area contributed by atoms with Crippen LogP contribution in [0, 0.1) is 0 Å². The van der Waals surface area contributed by atoms with Crippen molar-refractivity contribution in [3.05, 3.63) is 42.5 Å². The highest BCUT2D eigenvalue weighted by atomic mass is 127. The molecule has 0 fully saturated rings. The number of halogens is 1. The van der Waals surface area contributed by atoms with E-state index in [0.29, 0.717) is 13.1 Å². The number of benzene rings is 1. The number of methoxy groups -OCH3 is 1. The predicted octanol–water partition coefficient (Wildman–Crippen LogP) is 3.33. The van der Waals surface area contributed by atoms with Crippen molar-refractivity contribution in [1.29, 1.82) is 0 Å². The highest BCUT2D eigenvalue weighted by Gasteiger charge is 2.20. The second kappa shape index (κ2) is 10.5. The van der Waals surface area contributed by atoms with Crippen LogP contribution in [-0.2, 0) is 5.41 Å². The van der Waals surface area contributed by atoms with E-state index in [1.54, 1.807) is 7.11 Å². The number of aliphatic imine (C=N–C) groups is 1. The zero-order chi connectivity index (χ0) is 15.7. The van der Waals surface area contributed by atoms with Crippen LogP contribution in [0.2, 0.25) is 0 Å². The molecule has 0 bridgehead atoms. The molecule has 0 spiro atoms. The summed E-state index contributed by atoms with van der Waals surface area (Å²) in [4.78, 5) is 4.66. The SMILES string of the molecule is C=CCNC(=NCC(C)(C)c1ccc(OC)cc1)NCC.I. The summed E-state index contributed by atoms with van der Waals surface area (Å²) in [6.45, 7) is 12.4. The first kappa shape index (κ1) is 20.8. The molecule has 0 saturated carbocycles. The average molecular weight is 417 g/mol. The Morgan fingerprint density at radius 1 is 1.27 bits per heavy atom. The number of nitrogens with one attached hydrogen (secondary N) is 2. The third-order valence-corrected chi connectivity index (χ3v) is 3.26. The third-order valence-electron chi connectivity index (χ3n) is 3.26. The van der Waals surface area contributed by atoms with E-state index in [1.165, 1.54) is 5.56 Å². The van der Waals surface area contributed by atoms with E-state index < -0.39 is 0 Å². The average Bonchev–Trinajstić information content (AvgIpc) is 2.50. The van der Waals surface area contributed by atoms with Crippen LogP contribution in [0.3, 0.4) is 0 Å². The van der Waals surface area contributed by atoms with Gasteiger partial charge >= 0.3 is 0 Å². The van der Waals surface area contributed by atoms with Gasteiger partial charge in [0.2, 0.25) is 0 Å². The van der Waals surface area contributed by atoms with E-state index in [2.05, 4.69) is 55.1 Å². The van der Waals surface area contributed by atoms with E-state index in [4.69, 9.17) is 4.74 Å². The molecule has 1 rings (SSSR count). The van der Waals surface area contributed by atoms with Gasteiger partial charge in [0.25, 0.3) is 0 Å². The smallest absolute Gasteiger partial charge is 0.191 e. The quantitative estimate of drug-likeness (QED) is 0.310. The predicted molar refractivity (Wildman–Crippen MR) is 106 cm³/mol. The van der Waals surface area contributed by atoms with Gasteiger partial charge in [-0.05, 0) is 24.6 Å². The van der Waals surface area contributed by atoms with Gasteiger partial charge in [-0.3, -0.25) is 4.99 Å². The first-order valence-electron chi connectivity index (χ1n) is 7.31. The van der Waals surface area contributed by atoms with Gasteiger partial charge in [0.15, 0.2) is 5.96 Å². The topological polar surface area (TPSA) is 45.7 Å². The van der Waals surface area contributed by atoms with Crippen LogP contribution in [0.25, 0.3) is 0 Å². The zero-order valence-corrected chi connectivity index (χ0v) is 16.3. The standard InChI is InChI=1S/C17H27N3O.HI/c1-6-12-19-16(18-7-2)20-13-17(3,4)14-8-10-15(21-5)11-9-14;/h6,8-11H,1,7,12-13H2,2-5H3,(H2,18,19,20);1H. The van der Waals surface area contributed by atoms with Crippen LogP contribution >= 0.6 is 24.0 Å². The van der Waals surface area contributed by atoms with E-state index in [9.17, 15) is 0 Å². The second-order valence-corrected chi connectivity index (χ2v) is 5.48. The van der Waals surface area contributed by atoms with Crippen molar-refractivity contribution in [2.24, 2.45) is 4.99 Å². The fraction of sp³-hybridized carbons (Fsp3) is 0.471. The normalized spacial score (nSPS) is 11.4. The lowest BCUT2D eigenvalue weighted by Gasteiger charge is -2.24. The van der Waals surface area contributed by atoms with Gasteiger partial charge in [-0.15, -0.1) is 30.6 Å². The van der Waals surface area contributed by atoms with E-state index >= 15 is 0 Å². The maximum atomic E-state index is 5.20. The zero-order valence-electron chi connectivity index (χ0n) is 14.0. The number of hydrogen-bond donors (Lipinski definition) is 2. The molecule has 2 N–H and O–H groups in total. The molecule has 0 unspecified atom stereocenters. The molecule has 124 valence electrons. The maximum Gasteiger partial charge on any atom is 0.191 e. The van der Waals surface area contributed by atoms with Gasteiger partial charge in [-0.1, -0.05) is 32.1 Å². The van der Waals surface area contributed by atoms with Crippen molar-refractivity contribution in [3.8, 4) is 5.75 Å². The van der Waals surface area contributed by atoms with Crippen molar-refractivity contribution in [2.45, 2.75) is 26.2 Å². The van der Waals surface area contributed by atoms with Crippen LogP contribution in [-0.4, -0.2) is 32.7 Å². The van der Waals surface area contributed by atoms with Gasteiger partial charge in [0.05, 0.1) is 13.7 Å². The second-order valence-electron chi connectivity index (χ2n) is 5.48. The molecule has 4 nitrogen and oxygen atoms in total. The number of rotatable bonds is 7. The summed E-state index contributed by atoms with van der Waals surface area (Å²) in [7, 11) is 1.68. The number of guanidine groups is 1. The summed E-state index contributed by atoms with van der Waals surface area (Å²) in [6, 6.07) is 8.17. The van der Waals surface area contributed by atoms with Crippen molar-refractivity contribution < 1.29 is 4.74 Å². The summed E-state index contributed by atoms with van der Waals surface area (Å²) in [6.07, 6.45) is 1.82. The molecule has 0 saturated heterocycles. The van der Waals surface area contributed by atoms with Gasteiger partial charge in [-0.25, -0.2) is 0 Å². The minimum atomic E-state index is -0.0389. The fourth-order valence-electron chi connectivity index (χ4n) is 1.92. The van der Waals surface area contributed by atoms with Crippen LogP contribution in [0.1, 0.15) is 26.3 Å². The molecule has 0 radical (unpaired) electrons. The summed E-state index contributed by atoms with van der Waals surface area (Å²) >= 11 is 0. The lowest BCUT2D eigenvalue weighted by molar-refractivity contribution is 0.414. The first-order chi connectivity index (χ1) is 10.0. The van der Waals surface area contributed by atoms with Gasteiger partial charge < -0.3 is 15.4 Å². The molecule has 0 aliphatic carbocycles. The first-order valence-corrected chi connectivity index (χ1v) is 7.31. The Morgan fingerprint density at radius 2 is 1.91 bits per heavy atom. The number of nitrogens with zero attached hydrogens (tertiary/aromatic N) is 1. The Kier molecular flexibility index (Phi) is 9.89. The van der Waals surface area contributed by atoms with Crippen molar-refractivity contribution in [1.82, 2.24) is 10.6 Å². The van der Waals surface area contributed by atoms with Crippen LogP contribution in [0.4, 0.5) is 0 Å². The van der Waals surface area contributed by atoms with Crippen molar-refractivity contribution in [2.75, 3.05) is 26.7 Å². The van der Waals surface area contributed by atoms with Crippen molar-refractivity contribution >= 4 is 29.9 Å². The van der Waals surface area contributed by atoms with Crippen LogP contribution < -0.4 is 15.4 Å². The Balaban J connectivity index is 0.00000441. The lowest BCUT2D eigenvalue weighted by atomic mass is 9.85. The minimum Gasteiger partial charge on any atom is -0.497 e. The maximum absolute atomic E-state index is 5.20. The number of ether oxygens (including phenoxy) is 1. The monoisotopic (exact) mass is 417 g/mol. The van der Waals surface area contributed by atoms with Crippen LogP contribution in [0.5, 0.6) is 5.75 Å². The third kappa shape index (κ3) is 6.68. The van der Waals surface area contributed by atoms with E-state index in [-0.39, 0.29) is 29.4 Å². The van der Waals surface area contributed by atoms with Gasteiger partial charge in [0.1, 0.15) is 5.75 Å². The summed E-state index contributed by atoms with van der Waals surface area (Å²) in [5, 5.41) is 6.44. The summed E-state index contributed by atoms with van der Waals surface area (Å²) < 4.78 is 5.20. The Bertz CT molecular complexity index is 469. The van der Waals surface area contributed by atoms with E-state index in [1.807, 2.05) is 18.2 Å². The Labute approximate surface area is 151 Å².